The normalized spacial score (nSPS) is 10.7. The Hall–Kier alpha value is -3.46. The molecule has 1 aromatic heterocycles. The molecule has 160 valence electrons. The third-order valence-corrected chi connectivity index (χ3v) is 5.74. The van der Waals surface area contributed by atoms with Crippen molar-refractivity contribution >= 4 is 45.4 Å². The predicted octanol–water partition coefficient (Wildman–Crippen LogP) is 4.59. The van der Waals surface area contributed by atoms with Gasteiger partial charge >= 0.3 is 11.6 Å². The van der Waals surface area contributed by atoms with E-state index in [4.69, 9.17) is 9.15 Å². The zero-order valence-corrected chi connectivity index (χ0v) is 19.0. The minimum atomic E-state index is -0.754. The lowest BCUT2D eigenvalue weighted by atomic mass is 10.1. The number of benzene rings is 3. The molecule has 0 bridgehead atoms. The van der Waals surface area contributed by atoms with Crippen molar-refractivity contribution < 1.29 is 18.7 Å². The SMILES string of the molecule is O=C(Oc1ccc2cc(C(=O)NCCc3ccccc3)c(=O)oc2c1)c1ccccc1I. The number of rotatable bonds is 6. The topological polar surface area (TPSA) is 85.6 Å². The molecule has 0 atom stereocenters. The molecule has 32 heavy (non-hydrogen) atoms. The van der Waals surface area contributed by atoms with E-state index in [1.807, 2.05) is 42.5 Å². The summed E-state index contributed by atoms with van der Waals surface area (Å²) in [5, 5.41) is 3.29. The molecule has 1 heterocycles. The monoisotopic (exact) mass is 539 g/mol. The van der Waals surface area contributed by atoms with Gasteiger partial charge in [0.15, 0.2) is 0 Å². The summed E-state index contributed by atoms with van der Waals surface area (Å²) in [6.07, 6.45) is 0.653. The number of fused-ring (bicyclic) bond motifs is 1. The van der Waals surface area contributed by atoms with Gasteiger partial charge in [-0.1, -0.05) is 42.5 Å². The van der Waals surface area contributed by atoms with Gasteiger partial charge in [-0.05, 0) is 64.9 Å². The molecule has 4 rings (SSSR count). The molecule has 3 aromatic carbocycles. The summed E-state index contributed by atoms with van der Waals surface area (Å²) in [6, 6.07) is 23.0. The van der Waals surface area contributed by atoms with Crippen molar-refractivity contribution in [1.29, 1.82) is 0 Å². The smallest absolute Gasteiger partial charge is 0.349 e. The van der Waals surface area contributed by atoms with E-state index in [1.54, 1.807) is 24.3 Å². The Bertz CT molecular complexity index is 1350. The molecule has 0 saturated heterocycles. The number of ether oxygens (including phenoxy) is 1. The highest BCUT2D eigenvalue weighted by molar-refractivity contribution is 14.1. The summed E-state index contributed by atoms with van der Waals surface area (Å²) in [6.45, 7) is 0.396. The van der Waals surface area contributed by atoms with Crippen LogP contribution in [0.3, 0.4) is 0 Å². The maximum atomic E-state index is 12.5. The number of hydrogen-bond donors (Lipinski definition) is 1. The standard InChI is InChI=1S/C25H18INO5/c26-21-9-5-4-8-19(21)24(29)31-18-11-10-17-14-20(25(30)32-22(17)15-18)23(28)27-13-12-16-6-2-1-3-7-16/h1-11,14-15H,12-13H2,(H,27,28). The van der Waals surface area contributed by atoms with Gasteiger partial charge in [0.2, 0.25) is 0 Å². The van der Waals surface area contributed by atoms with Crippen molar-refractivity contribution in [2.45, 2.75) is 6.42 Å². The van der Waals surface area contributed by atoms with Crippen LogP contribution in [0.5, 0.6) is 5.75 Å². The molecule has 1 N–H and O–H groups in total. The second-order valence-corrected chi connectivity index (χ2v) is 8.17. The van der Waals surface area contributed by atoms with Crippen molar-refractivity contribution in [1.82, 2.24) is 5.32 Å². The third kappa shape index (κ3) is 5.05. The zero-order chi connectivity index (χ0) is 22.5. The van der Waals surface area contributed by atoms with E-state index < -0.39 is 17.5 Å². The molecule has 0 aliphatic heterocycles. The Morgan fingerprint density at radius 3 is 2.44 bits per heavy atom. The minimum absolute atomic E-state index is 0.0749. The second kappa shape index (κ2) is 9.78. The van der Waals surface area contributed by atoms with Crippen LogP contribution in [-0.4, -0.2) is 18.4 Å². The van der Waals surface area contributed by atoms with Gasteiger partial charge in [-0.15, -0.1) is 0 Å². The van der Waals surface area contributed by atoms with E-state index >= 15 is 0 Å². The number of amides is 1. The number of halogens is 1. The molecular weight excluding hydrogens is 521 g/mol. The minimum Gasteiger partial charge on any atom is -0.423 e. The summed E-state index contributed by atoms with van der Waals surface area (Å²) in [5.74, 6) is -0.762. The average molecular weight is 539 g/mol. The Kier molecular flexibility index (Phi) is 6.65. The molecule has 0 unspecified atom stereocenters. The Morgan fingerprint density at radius 1 is 0.906 bits per heavy atom. The van der Waals surface area contributed by atoms with E-state index in [2.05, 4.69) is 27.9 Å². The van der Waals surface area contributed by atoms with Gasteiger partial charge < -0.3 is 14.5 Å². The van der Waals surface area contributed by atoms with Crippen LogP contribution < -0.4 is 15.7 Å². The largest absolute Gasteiger partial charge is 0.423 e. The number of carbonyl (C=O) groups excluding carboxylic acids is 2. The summed E-state index contributed by atoms with van der Waals surface area (Å²) in [4.78, 5) is 37.2. The van der Waals surface area contributed by atoms with Gasteiger partial charge in [0.1, 0.15) is 16.9 Å². The van der Waals surface area contributed by atoms with Crippen LogP contribution in [0, 0.1) is 3.57 Å². The van der Waals surface area contributed by atoms with Gasteiger partial charge in [0, 0.05) is 21.6 Å². The number of carbonyl (C=O) groups is 2. The quantitative estimate of drug-likeness (QED) is 0.168. The van der Waals surface area contributed by atoms with E-state index in [0.29, 0.717) is 23.9 Å². The molecular formula is C25H18INO5. The van der Waals surface area contributed by atoms with Crippen LogP contribution in [-0.2, 0) is 6.42 Å². The molecule has 4 aromatic rings. The average Bonchev–Trinajstić information content (AvgIpc) is 2.79. The van der Waals surface area contributed by atoms with Crippen molar-refractivity contribution in [3.8, 4) is 5.75 Å². The molecule has 0 radical (unpaired) electrons. The Morgan fingerprint density at radius 2 is 1.66 bits per heavy atom. The van der Waals surface area contributed by atoms with Crippen LogP contribution in [0.15, 0.2) is 88.1 Å². The lowest BCUT2D eigenvalue weighted by Crippen LogP contribution is -2.29. The van der Waals surface area contributed by atoms with Crippen LogP contribution in [0.4, 0.5) is 0 Å². The van der Waals surface area contributed by atoms with E-state index in [-0.39, 0.29) is 16.9 Å². The van der Waals surface area contributed by atoms with Crippen LogP contribution >= 0.6 is 22.6 Å². The highest BCUT2D eigenvalue weighted by Crippen LogP contribution is 2.22. The first-order valence-corrected chi connectivity index (χ1v) is 11.0. The summed E-state index contributed by atoms with van der Waals surface area (Å²) in [7, 11) is 0. The van der Waals surface area contributed by atoms with Crippen LogP contribution in [0.2, 0.25) is 0 Å². The highest BCUT2D eigenvalue weighted by Gasteiger charge is 2.16. The molecule has 1 amide bonds. The van der Waals surface area contributed by atoms with E-state index in [0.717, 1.165) is 9.13 Å². The highest BCUT2D eigenvalue weighted by atomic mass is 127. The van der Waals surface area contributed by atoms with Gasteiger partial charge in [0.05, 0.1) is 5.56 Å². The van der Waals surface area contributed by atoms with E-state index in [9.17, 15) is 14.4 Å². The molecule has 0 saturated carbocycles. The number of nitrogens with one attached hydrogen (secondary N) is 1. The molecule has 7 heteroatoms. The fraction of sp³-hybridized carbons (Fsp3) is 0.0800. The maximum absolute atomic E-state index is 12.5. The van der Waals surface area contributed by atoms with Crippen molar-refractivity contribution in [2.24, 2.45) is 0 Å². The zero-order valence-electron chi connectivity index (χ0n) is 16.8. The van der Waals surface area contributed by atoms with Crippen LogP contribution in [0.1, 0.15) is 26.3 Å². The first kappa shape index (κ1) is 21.8. The fourth-order valence-corrected chi connectivity index (χ4v) is 3.77. The Balaban J connectivity index is 1.48. The van der Waals surface area contributed by atoms with Gasteiger partial charge in [-0.2, -0.15) is 0 Å². The molecule has 0 aliphatic rings. The summed E-state index contributed by atoms with van der Waals surface area (Å²) < 4.78 is 11.5. The van der Waals surface area contributed by atoms with Crippen molar-refractivity contribution in [3.05, 3.63) is 110 Å². The molecule has 0 fully saturated rings. The van der Waals surface area contributed by atoms with Crippen molar-refractivity contribution in [3.63, 3.8) is 0 Å². The second-order valence-electron chi connectivity index (χ2n) is 7.01. The third-order valence-electron chi connectivity index (χ3n) is 4.80. The lowest BCUT2D eigenvalue weighted by molar-refractivity contribution is 0.0733. The molecule has 0 aliphatic carbocycles. The van der Waals surface area contributed by atoms with Gasteiger partial charge in [-0.3, -0.25) is 4.79 Å². The van der Waals surface area contributed by atoms with Gasteiger partial charge in [-0.25, -0.2) is 9.59 Å². The van der Waals surface area contributed by atoms with Crippen molar-refractivity contribution in [2.75, 3.05) is 6.54 Å². The van der Waals surface area contributed by atoms with E-state index in [1.165, 1.54) is 12.1 Å². The first-order chi connectivity index (χ1) is 15.5. The first-order valence-electron chi connectivity index (χ1n) is 9.88. The maximum Gasteiger partial charge on any atom is 0.349 e. The number of esters is 1. The Labute approximate surface area is 197 Å². The molecule has 0 spiro atoms. The predicted molar refractivity (Wildman–Crippen MR) is 129 cm³/mol. The lowest BCUT2D eigenvalue weighted by Gasteiger charge is -2.08. The summed E-state index contributed by atoms with van der Waals surface area (Å²) in [5.41, 5.74) is 0.927. The number of hydrogen-bond acceptors (Lipinski definition) is 5. The fourth-order valence-electron chi connectivity index (χ4n) is 3.16. The van der Waals surface area contributed by atoms with Gasteiger partial charge in [0.25, 0.3) is 5.91 Å². The van der Waals surface area contributed by atoms with Crippen LogP contribution in [0.25, 0.3) is 11.0 Å². The molecule has 6 nitrogen and oxygen atoms in total. The summed E-state index contributed by atoms with van der Waals surface area (Å²) >= 11 is 2.06.